The Hall–Kier alpha value is -3.81. The maximum atomic E-state index is 12.6. The number of carbonyl (C=O) groups is 2. The van der Waals surface area contributed by atoms with Gasteiger partial charge in [-0.1, -0.05) is 18.2 Å². The Morgan fingerprint density at radius 2 is 2.04 bits per heavy atom. The summed E-state index contributed by atoms with van der Waals surface area (Å²) in [5.41, 5.74) is 2.30. The van der Waals surface area contributed by atoms with E-state index in [1.54, 1.807) is 54.0 Å². The molecule has 0 saturated heterocycles. The van der Waals surface area contributed by atoms with Gasteiger partial charge < -0.3 is 20.6 Å². The van der Waals surface area contributed by atoms with Gasteiger partial charge in [-0.2, -0.15) is 4.57 Å². The van der Waals surface area contributed by atoms with Gasteiger partial charge in [-0.05, 0) is 24.3 Å². The molecule has 1 aromatic heterocycles. The molecule has 4 rings (SSSR count). The fourth-order valence-corrected chi connectivity index (χ4v) is 2.97. The maximum absolute atomic E-state index is 12.6. The molecule has 0 bridgehead atoms. The molecule has 1 aliphatic rings. The largest absolute Gasteiger partial charge is 0.710 e. The standard InChI is InChI=1S/C19H16N4O4/c1-12-18(19(25)20-13-5-3-2-4-6-13)23(26)11-22(12)14-7-8-15-16(9-14)27-10-17(24)21-15/h2-9,11H,10H2,1H3,(H,20,25)(H,21,24). The van der Waals surface area contributed by atoms with Crippen molar-refractivity contribution in [3.63, 3.8) is 0 Å². The molecule has 1 aliphatic heterocycles. The molecule has 8 heteroatoms. The van der Waals surface area contributed by atoms with Crippen LogP contribution in [0.1, 0.15) is 16.2 Å². The minimum Gasteiger partial charge on any atom is -0.710 e. The van der Waals surface area contributed by atoms with Crippen LogP contribution in [0.25, 0.3) is 5.69 Å². The highest BCUT2D eigenvalue weighted by Gasteiger charge is 2.25. The van der Waals surface area contributed by atoms with Gasteiger partial charge in [0.15, 0.2) is 12.3 Å². The van der Waals surface area contributed by atoms with Crippen LogP contribution in [0, 0.1) is 12.1 Å². The summed E-state index contributed by atoms with van der Waals surface area (Å²) in [5, 5.41) is 17.8. The molecule has 2 heterocycles. The normalized spacial score (nSPS) is 12.7. The van der Waals surface area contributed by atoms with Crippen LogP contribution in [0.15, 0.2) is 54.9 Å². The fraction of sp³-hybridized carbons (Fsp3) is 0.105. The molecule has 2 aromatic carbocycles. The lowest BCUT2D eigenvalue weighted by Crippen LogP contribution is -2.34. The van der Waals surface area contributed by atoms with Gasteiger partial charge in [-0.15, -0.1) is 0 Å². The van der Waals surface area contributed by atoms with Crippen LogP contribution in [0.3, 0.4) is 0 Å². The number of hydrogen-bond acceptors (Lipinski definition) is 4. The first-order chi connectivity index (χ1) is 13.0. The number of rotatable bonds is 3. The van der Waals surface area contributed by atoms with Crippen LogP contribution in [-0.4, -0.2) is 23.0 Å². The number of nitrogens with one attached hydrogen (secondary N) is 2. The van der Waals surface area contributed by atoms with E-state index in [-0.39, 0.29) is 18.2 Å². The average Bonchev–Trinajstić information content (AvgIpc) is 2.96. The summed E-state index contributed by atoms with van der Waals surface area (Å²) < 4.78 is 7.55. The van der Waals surface area contributed by atoms with Crippen molar-refractivity contribution in [2.45, 2.75) is 6.92 Å². The fourth-order valence-electron chi connectivity index (χ4n) is 2.97. The molecular formula is C19H16N4O4. The van der Waals surface area contributed by atoms with Gasteiger partial charge in [-0.3, -0.25) is 9.59 Å². The molecule has 0 unspecified atom stereocenters. The highest BCUT2D eigenvalue weighted by molar-refractivity contribution is 6.02. The Bertz CT molecular complexity index is 1040. The Balaban J connectivity index is 1.67. The van der Waals surface area contributed by atoms with E-state index in [1.165, 1.54) is 6.33 Å². The van der Waals surface area contributed by atoms with Gasteiger partial charge >= 0.3 is 0 Å². The van der Waals surface area contributed by atoms with E-state index in [1.807, 2.05) is 6.07 Å². The number of anilines is 2. The first kappa shape index (κ1) is 16.6. The molecule has 0 spiro atoms. The lowest BCUT2D eigenvalue weighted by Gasteiger charge is -2.17. The Morgan fingerprint density at radius 3 is 2.81 bits per heavy atom. The lowest BCUT2D eigenvalue weighted by molar-refractivity contribution is -0.606. The van der Waals surface area contributed by atoms with E-state index < -0.39 is 5.91 Å². The van der Waals surface area contributed by atoms with Gasteiger partial charge in [0.25, 0.3) is 18.1 Å². The van der Waals surface area contributed by atoms with Crippen molar-refractivity contribution in [2.75, 3.05) is 17.2 Å². The quantitative estimate of drug-likeness (QED) is 0.548. The van der Waals surface area contributed by atoms with E-state index in [9.17, 15) is 14.8 Å². The molecule has 2 N–H and O–H groups in total. The summed E-state index contributed by atoms with van der Waals surface area (Å²) in [6, 6.07) is 14.1. The third kappa shape index (κ3) is 3.08. The van der Waals surface area contributed by atoms with Crippen molar-refractivity contribution in [1.82, 2.24) is 4.57 Å². The monoisotopic (exact) mass is 364 g/mol. The number of aromatic nitrogens is 2. The second-order valence-electron chi connectivity index (χ2n) is 6.08. The topological polar surface area (TPSA) is 99.3 Å². The molecule has 3 aromatic rings. The van der Waals surface area contributed by atoms with Gasteiger partial charge in [0.1, 0.15) is 11.4 Å². The summed E-state index contributed by atoms with van der Waals surface area (Å²) in [6.45, 7) is 1.63. The van der Waals surface area contributed by atoms with Gasteiger partial charge in [-0.25, -0.2) is 4.73 Å². The van der Waals surface area contributed by atoms with E-state index in [0.29, 0.717) is 33.2 Å². The van der Waals surface area contributed by atoms with Crippen LogP contribution in [0.5, 0.6) is 5.75 Å². The summed E-state index contributed by atoms with van der Waals surface area (Å²) in [5.74, 6) is -0.202. The molecule has 0 aliphatic carbocycles. The van der Waals surface area contributed by atoms with Crippen molar-refractivity contribution in [2.24, 2.45) is 0 Å². The lowest BCUT2D eigenvalue weighted by atomic mass is 10.2. The number of para-hydroxylation sites is 1. The number of imidazole rings is 1. The van der Waals surface area contributed by atoms with Crippen LogP contribution < -0.4 is 20.1 Å². The van der Waals surface area contributed by atoms with Gasteiger partial charge in [0.05, 0.1) is 5.69 Å². The number of carbonyl (C=O) groups excluding carboxylic acids is 2. The molecule has 0 fully saturated rings. The zero-order valence-electron chi connectivity index (χ0n) is 14.4. The molecule has 136 valence electrons. The Labute approximate surface area is 154 Å². The van der Waals surface area contributed by atoms with Crippen molar-refractivity contribution < 1.29 is 19.1 Å². The SMILES string of the molecule is Cc1c(C(=O)Nc2ccccc2)[n+]([O-])cn1-c1ccc2c(c1)OCC(=O)N2. The van der Waals surface area contributed by atoms with Crippen LogP contribution >= 0.6 is 0 Å². The van der Waals surface area contributed by atoms with Crippen molar-refractivity contribution in [3.05, 3.63) is 71.5 Å². The van der Waals surface area contributed by atoms with Crippen molar-refractivity contribution in [1.29, 1.82) is 0 Å². The van der Waals surface area contributed by atoms with Crippen LogP contribution in [-0.2, 0) is 4.79 Å². The number of ether oxygens (including phenoxy) is 1. The molecule has 2 amide bonds. The van der Waals surface area contributed by atoms with Crippen molar-refractivity contribution >= 4 is 23.2 Å². The number of fused-ring (bicyclic) bond motifs is 1. The second kappa shape index (κ2) is 6.49. The predicted molar refractivity (Wildman–Crippen MR) is 98.0 cm³/mol. The minimum absolute atomic E-state index is 0.00537. The summed E-state index contributed by atoms with van der Waals surface area (Å²) in [7, 11) is 0. The number of nitrogens with zero attached hydrogens (tertiary/aromatic N) is 2. The smallest absolute Gasteiger partial charge is 0.300 e. The molecule has 0 atom stereocenters. The first-order valence-corrected chi connectivity index (χ1v) is 8.27. The molecular weight excluding hydrogens is 348 g/mol. The summed E-state index contributed by atoms with van der Waals surface area (Å²) >= 11 is 0. The zero-order valence-corrected chi connectivity index (χ0v) is 14.4. The zero-order chi connectivity index (χ0) is 19.0. The van der Waals surface area contributed by atoms with E-state index in [2.05, 4.69) is 10.6 Å². The Kier molecular flexibility index (Phi) is 4.00. The second-order valence-corrected chi connectivity index (χ2v) is 6.08. The highest BCUT2D eigenvalue weighted by atomic mass is 16.5. The van der Waals surface area contributed by atoms with E-state index in [0.717, 1.165) is 0 Å². The summed E-state index contributed by atoms with van der Waals surface area (Å²) in [6.07, 6.45) is 1.29. The minimum atomic E-state index is -0.492. The van der Waals surface area contributed by atoms with Gasteiger partial charge in [0, 0.05) is 18.7 Å². The van der Waals surface area contributed by atoms with Gasteiger partial charge in [0.2, 0.25) is 5.69 Å². The van der Waals surface area contributed by atoms with E-state index in [4.69, 9.17) is 4.74 Å². The van der Waals surface area contributed by atoms with Crippen LogP contribution in [0.4, 0.5) is 11.4 Å². The number of benzene rings is 2. The number of amides is 2. The predicted octanol–water partition coefficient (Wildman–Crippen LogP) is 2.00. The summed E-state index contributed by atoms with van der Waals surface area (Å²) in [4.78, 5) is 23.9. The third-order valence-electron chi connectivity index (χ3n) is 4.27. The van der Waals surface area contributed by atoms with Crippen LogP contribution in [0.2, 0.25) is 0 Å². The maximum Gasteiger partial charge on any atom is 0.300 e. The molecule has 0 saturated carbocycles. The Morgan fingerprint density at radius 1 is 1.26 bits per heavy atom. The molecule has 27 heavy (non-hydrogen) atoms. The van der Waals surface area contributed by atoms with Crippen molar-refractivity contribution in [3.8, 4) is 11.4 Å². The first-order valence-electron chi connectivity index (χ1n) is 8.27. The highest BCUT2D eigenvalue weighted by Crippen LogP contribution is 2.30. The molecule has 8 nitrogen and oxygen atoms in total. The number of hydrogen-bond donors (Lipinski definition) is 2. The molecule has 0 radical (unpaired) electrons. The third-order valence-corrected chi connectivity index (χ3v) is 4.27. The average molecular weight is 364 g/mol. The van der Waals surface area contributed by atoms with E-state index >= 15 is 0 Å².